The van der Waals surface area contributed by atoms with Crippen LogP contribution in [0.3, 0.4) is 0 Å². The fourth-order valence-electron chi connectivity index (χ4n) is 2.86. The van der Waals surface area contributed by atoms with Crippen LogP contribution in [0.4, 0.5) is 5.69 Å². The van der Waals surface area contributed by atoms with Crippen LogP contribution in [-0.4, -0.2) is 18.6 Å². The quantitative estimate of drug-likeness (QED) is 0.865. The Labute approximate surface area is 131 Å². The van der Waals surface area contributed by atoms with Gasteiger partial charge in [-0.2, -0.15) is 0 Å². The molecule has 0 spiro atoms. The van der Waals surface area contributed by atoms with Gasteiger partial charge in [0.25, 0.3) is 5.91 Å². The number of carbonyl (C=O) groups is 1. The summed E-state index contributed by atoms with van der Waals surface area (Å²) in [7, 11) is 0. The number of carbonyl (C=O) groups excluding carboxylic acids is 1. The molecule has 2 aromatic carbocycles. The van der Waals surface area contributed by atoms with Crippen molar-refractivity contribution in [3.63, 3.8) is 0 Å². The molecule has 3 nitrogen and oxygen atoms in total. The lowest BCUT2D eigenvalue weighted by Crippen LogP contribution is -2.39. The zero-order chi connectivity index (χ0) is 15.7. The molecule has 2 aromatic rings. The number of benzene rings is 2. The molecular formula is C19H21NO2. The summed E-state index contributed by atoms with van der Waals surface area (Å²) < 4.78 is 5.92. The van der Waals surface area contributed by atoms with Crippen molar-refractivity contribution in [2.75, 3.05) is 11.4 Å². The zero-order valence-electron chi connectivity index (χ0n) is 13.3. The highest BCUT2D eigenvalue weighted by Crippen LogP contribution is 2.29. The monoisotopic (exact) mass is 295 g/mol. The third-order valence-electron chi connectivity index (χ3n) is 4.15. The van der Waals surface area contributed by atoms with Crippen LogP contribution in [0.2, 0.25) is 0 Å². The third kappa shape index (κ3) is 2.71. The highest BCUT2D eigenvalue weighted by Gasteiger charge is 2.28. The summed E-state index contributed by atoms with van der Waals surface area (Å²) >= 11 is 0. The Kier molecular flexibility index (Phi) is 3.88. The van der Waals surface area contributed by atoms with E-state index in [2.05, 4.69) is 6.07 Å². The predicted octanol–water partition coefficient (Wildman–Crippen LogP) is 3.66. The summed E-state index contributed by atoms with van der Waals surface area (Å²) in [6.07, 6.45) is 0.421. The molecule has 0 radical (unpaired) electrons. The van der Waals surface area contributed by atoms with Gasteiger partial charge < -0.3 is 9.64 Å². The number of rotatable bonds is 3. The minimum Gasteiger partial charge on any atom is -0.481 e. The van der Waals surface area contributed by atoms with Crippen LogP contribution < -0.4 is 9.64 Å². The van der Waals surface area contributed by atoms with Gasteiger partial charge in [0.1, 0.15) is 5.75 Å². The molecule has 22 heavy (non-hydrogen) atoms. The summed E-state index contributed by atoms with van der Waals surface area (Å²) in [6, 6.07) is 14.1. The second kappa shape index (κ2) is 5.84. The second-order valence-electron chi connectivity index (χ2n) is 5.90. The molecule has 1 amide bonds. The van der Waals surface area contributed by atoms with E-state index in [1.54, 1.807) is 0 Å². The van der Waals surface area contributed by atoms with Gasteiger partial charge in [0.05, 0.1) is 0 Å². The number of hydrogen-bond donors (Lipinski definition) is 0. The number of amides is 1. The zero-order valence-corrected chi connectivity index (χ0v) is 13.3. The molecule has 3 heteroatoms. The fourth-order valence-corrected chi connectivity index (χ4v) is 2.86. The van der Waals surface area contributed by atoms with Gasteiger partial charge in [-0.05, 0) is 56.0 Å². The number of fused-ring (bicyclic) bond motifs is 1. The minimum absolute atomic E-state index is 0.0193. The van der Waals surface area contributed by atoms with Gasteiger partial charge in [0.15, 0.2) is 6.10 Å². The molecule has 1 aliphatic rings. The van der Waals surface area contributed by atoms with Gasteiger partial charge in [0.2, 0.25) is 0 Å². The molecule has 0 saturated heterocycles. The lowest BCUT2D eigenvalue weighted by Gasteiger charge is -2.23. The Morgan fingerprint density at radius 1 is 1.18 bits per heavy atom. The highest BCUT2D eigenvalue weighted by molar-refractivity contribution is 5.98. The Morgan fingerprint density at radius 3 is 2.77 bits per heavy atom. The van der Waals surface area contributed by atoms with Gasteiger partial charge >= 0.3 is 0 Å². The number of anilines is 1. The normalized spacial score (nSPS) is 14.6. The van der Waals surface area contributed by atoms with Crippen LogP contribution in [0.25, 0.3) is 0 Å². The van der Waals surface area contributed by atoms with Crippen LogP contribution in [0, 0.1) is 13.8 Å². The third-order valence-corrected chi connectivity index (χ3v) is 4.15. The summed E-state index contributed by atoms with van der Waals surface area (Å²) in [5, 5.41) is 0. The van der Waals surface area contributed by atoms with E-state index in [1.165, 1.54) is 5.56 Å². The molecule has 1 aliphatic heterocycles. The standard InChI is InChI=1S/C19H21NO2/c1-13-8-9-14(2)18(12-13)22-15(3)19(21)20-11-10-16-6-4-5-7-17(16)20/h4-9,12,15H,10-11H2,1-3H3/t15-/m1/s1. The first-order chi connectivity index (χ1) is 10.6. The molecule has 0 aliphatic carbocycles. The maximum absolute atomic E-state index is 12.7. The predicted molar refractivity (Wildman–Crippen MR) is 88.5 cm³/mol. The van der Waals surface area contributed by atoms with Gasteiger partial charge in [-0.3, -0.25) is 4.79 Å². The number of ether oxygens (including phenoxy) is 1. The molecule has 0 saturated carbocycles. The molecule has 0 fully saturated rings. The van der Waals surface area contributed by atoms with Gasteiger partial charge in [-0.15, -0.1) is 0 Å². The summed E-state index contributed by atoms with van der Waals surface area (Å²) in [5.41, 5.74) is 4.43. The van der Waals surface area contributed by atoms with E-state index < -0.39 is 6.10 Å². The van der Waals surface area contributed by atoms with Crippen LogP contribution in [0.5, 0.6) is 5.75 Å². The van der Waals surface area contributed by atoms with Crippen LogP contribution in [0.15, 0.2) is 42.5 Å². The molecule has 3 rings (SSSR count). The first-order valence-corrected chi connectivity index (χ1v) is 7.69. The van der Waals surface area contributed by atoms with Crippen molar-refractivity contribution in [3.8, 4) is 5.75 Å². The summed E-state index contributed by atoms with van der Waals surface area (Å²) in [6.45, 7) is 6.58. The molecule has 0 unspecified atom stereocenters. The van der Waals surface area contributed by atoms with Crippen molar-refractivity contribution in [2.24, 2.45) is 0 Å². The topological polar surface area (TPSA) is 29.5 Å². The van der Waals surface area contributed by atoms with Gasteiger partial charge in [0, 0.05) is 12.2 Å². The lowest BCUT2D eigenvalue weighted by atomic mass is 10.1. The Balaban J connectivity index is 1.77. The molecule has 0 aromatic heterocycles. The molecular weight excluding hydrogens is 274 g/mol. The van der Waals surface area contributed by atoms with Crippen LogP contribution in [0.1, 0.15) is 23.6 Å². The fraction of sp³-hybridized carbons (Fsp3) is 0.316. The first-order valence-electron chi connectivity index (χ1n) is 7.69. The van der Waals surface area contributed by atoms with Crippen molar-refractivity contribution in [1.29, 1.82) is 0 Å². The average Bonchev–Trinajstić information content (AvgIpc) is 2.94. The maximum atomic E-state index is 12.7. The van der Waals surface area contributed by atoms with E-state index in [-0.39, 0.29) is 5.91 Å². The van der Waals surface area contributed by atoms with E-state index in [1.807, 2.05) is 62.1 Å². The van der Waals surface area contributed by atoms with Crippen molar-refractivity contribution < 1.29 is 9.53 Å². The molecule has 114 valence electrons. The van der Waals surface area contributed by atoms with Crippen molar-refractivity contribution in [3.05, 3.63) is 59.2 Å². The largest absolute Gasteiger partial charge is 0.481 e. The number of hydrogen-bond acceptors (Lipinski definition) is 2. The minimum atomic E-state index is -0.494. The first kappa shape index (κ1) is 14.6. The number of nitrogens with zero attached hydrogens (tertiary/aromatic N) is 1. The van der Waals surface area contributed by atoms with Crippen LogP contribution >= 0.6 is 0 Å². The van der Waals surface area contributed by atoms with Gasteiger partial charge in [-0.1, -0.05) is 30.3 Å². The Hall–Kier alpha value is -2.29. The summed E-state index contributed by atoms with van der Waals surface area (Å²) in [4.78, 5) is 14.5. The number of para-hydroxylation sites is 1. The maximum Gasteiger partial charge on any atom is 0.267 e. The van der Waals surface area contributed by atoms with E-state index in [9.17, 15) is 4.79 Å². The van der Waals surface area contributed by atoms with E-state index in [0.717, 1.165) is 35.5 Å². The molecule has 1 heterocycles. The Morgan fingerprint density at radius 2 is 1.95 bits per heavy atom. The smallest absolute Gasteiger partial charge is 0.267 e. The van der Waals surface area contributed by atoms with Crippen molar-refractivity contribution in [2.45, 2.75) is 33.3 Å². The van der Waals surface area contributed by atoms with E-state index in [0.29, 0.717) is 0 Å². The second-order valence-corrected chi connectivity index (χ2v) is 5.90. The van der Waals surface area contributed by atoms with Gasteiger partial charge in [-0.25, -0.2) is 0 Å². The van der Waals surface area contributed by atoms with E-state index >= 15 is 0 Å². The van der Waals surface area contributed by atoms with Crippen LogP contribution in [-0.2, 0) is 11.2 Å². The molecule has 0 bridgehead atoms. The number of aryl methyl sites for hydroxylation is 2. The molecule has 1 atom stereocenters. The lowest BCUT2D eigenvalue weighted by molar-refractivity contribution is -0.124. The summed E-state index contributed by atoms with van der Waals surface area (Å²) in [5.74, 6) is 0.805. The van der Waals surface area contributed by atoms with Crippen molar-refractivity contribution in [1.82, 2.24) is 0 Å². The van der Waals surface area contributed by atoms with Crippen molar-refractivity contribution >= 4 is 11.6 Å². The average molecular weight is 295 g/mol. The molecule has 0 N–H and O–H groups in total. The van der Waals surface area contributed by atoms with E-state index in [4.69, 9.17) is 4.74 Å². The SMILES string of the molecule is Cc1ccc(C)c(O[C@H](C)C(=O)N2CCc3ccccc32)c1. The highest BCUT2D eigenvalue weighted by atomic mass is 16.5. The Bertz CT molecular complexity index is 708.